The van der Waals surface area contributed by atoms with Gasteiger partial charge in [0.25, 0.3) is 0 Å². The summed E-state index contributed by atoms with van der Waals surface area (Å²) in [5.74, 6) is 3.15. The predicted octanol–water partition coefficient (Wildman–Crippen LogP) is 2.49. The third-order valence-corrected chi connectivity index (χ3v) is 4.08. The molecule has 0 aromatic rings. The number of hydrogen-bond acceptors (Lipinski definition) is 2. The zero-order valence-corrected chi connectivity index (χ0v) is 13.2. The van der Waals surface area contributed by atoms with Crippen molar-refractivity contribution in [3.05, 3.63) is 0 Å². The molecule has 0 spiro atoms. The zero-order chi connectivity index (χ0) is 13.3. The van der Waals surface area contributed by atoms with Gasteiger partial charge in [0.05, 0.1) is 0 Å². The molecule has 0 bridgehead atoms. The molecule has 0 aromatic carbocycles. The summed E-state index contributed by atoms with van der Waals surface area (Å²) < 4.78 is 0. The van der Waals surface area contributed by atoms with Gasteiger partial charge in [0, 0.05) is 31.5 Å². The van der Waals surface area contributed by atoms with Crippen LogP contribution in [0.3, 0.4) is 0 Å². The van der Waals surface area contributed by atoms with Crippen LogP contribution < -0.4 is 0 Å². The minimum atomic E-state index is -1.38. The van der Waals surface area contributed by atoms with Gasteiger partial charge in [-0.15, -0.1) is 5.54 Å². The predicted molar refractivity (Wildman–Crippen MR) is 76.6 cm³/mol. The lowest BCUT2D eigenvalue weighted by atomic mass is 9.90. The van der Waals surface area contributed by atoms with E-state index in [-0.39, 0.29) is 5.54 Å². The lowest BCUT2D eigenvalue weighted by molar-refractivity contribution is -0.00259. The average Bonchev–Trinajstić information content (AvgIpc) is 2.13. The second-order valence-electron chi connectivity index (χ2n) is 7.19. The first kappa shape index (κ1) is 14.8. The van der Waals surface area contributed by atoms with Crippen LogP contribution in [-0.4, -0.2) is 42.3 Å². The van der Waals surface area contributed by atoms with Crippen LogP contribution in [0.5, 0.6) is 0 Å². The Hall–Kier alpha value is -0.303. The topological polar surface area (TPSA) is 23.5 Å². The Balaban J connectivity index is 2.64. The quantitative estimate of drug-likeness (QED) is 0.530. The van der Waals surface area contributed by atoms with E-state index in [1.807, 2.05) is 0 Å². The van der Waals surface area contributed by atoms with Crippen LogP contribution in [0.4, 0.5) is 0 Å². The van der Waals surface area contributed by atoms with Crippen LogP contribution >= 0.6 is 0 Å². The number of piperidine rings is 1. The first-order valence-electron chi connectivity index (χ1n) is 6.54. The molecule has 2 nitrogen and oxygen atoms in total. The largest absolute Gasteiger partial charge is 0.378 e. The highest BCUT2D eigenvalue weighted by Gasteiger charge is 2.34. The van der Waals surface area contributed by atoms with Crippen molar-refractivity contribution < 1.29 is 5.11 Å². The van der Waals surface area contributed by atoms with Crippen molar-refractivity contribution >= 4 is 8.07 Å². The molecule has 1 rings (SSSR count). The Morgan fingerprint density at radius 3 is 1.94 bits per heavy atom. The van der Waals surface area contributed by atoms with Crippen LogP contribution in [-0.2, 0) is 0 Å². The molecule has 0 radical (unpaired) electrons. The number of rotatable bonds is 0. The van der Waals surface area contributed by atoms with Gasteiger partial charge in [-0.3, -0.25) is 4.90 Å². The highest BCUT2D eigenvalue weighted by molar-refractivity contribution is 6.83. The molecule has 1 aliphatic heterocycles. The highest BCUT2D eigenvalue weighted by Crippen LogP contribution is 2.26. The van der Waals surface area contributed by atoms with Gasteiger partial charge in [0.1, 0.15) is 13.7 Å². The molecule has 0 atom stereocenters. The number of hydrogen-bond donors (Lipinski definition) is 1. The summed E-state index contributed by atoms with van der Waals surface area (Å²) in [4.78, 5) is 2.43. The van der Waals surface area contributed by atoms with Crippen LogP contribution in [0.15, 0.2) is 0 Å². The molecule has 3 heteroatoms. The molecule has 1 heterocycles. The second kappa shape index (κ2) is 4.76. The van der Waals surface area contributed by atoms with Crippen molar-refractivity contribution in [3.63, 3.8) is 0 Å². The summed E-state index contributed by atoms with van der Waals surface area (Å²) in [6.45, 7) is 15.2. The normalized spacial score (nSPS) is 21.8. The molecular formula is C14H27NOSi. The lowest BCUT2D eigenvalue weighted by Crippen LogP contribution is -2.51. The van der Waals surface area contributed by atoms with E-state index >= 15 is 0 Å². The maximum atomic E-state index is 10.4. The van der Waals surface area contributed by atoms with Gasteiger partial charge in [0.15, 0.2) is 0 Å². The van der Waals surface area contributed by atoms with Gasteiger partial charge in [-0.25, -0.2) is 0 Å². The summed E-state index contributed by atoms with van der Waals surface area (Å²) in [5.41, 5.74) is 2.77. The molecule has 1 N–H and O–H groups in total. The first-order chi connectivity index (χ1) is 7.52. The van der Waals surface area contributed by atoms with Crippen molar-refractivity contribution in [1.29, 1.82) is 0 Å². The van der Waals surface area contributed by atoms with Crippen LogP contribution in [0, 0.1) is 11.5 Å². The summed E-state index contributed by atoms with van der Waals surface area (Å²) in [7, 11) is -1.38. The van der Waals surface area contributed by atoms with Gasteiger partial charge >= 0.3 is 0 Å². The Labute approximate surface area is 107 Å². The van der Waals surface area contributed by atoms with Gasteiger partial charge in [-0.05, 0) is 20.8 Å². The Morgan fingerprint density at radius 1 is 1.12 bits per heavy atom. The van der Waals surface area contributed by atoms with E-state index in [4.69, 9.17) is 0 Å². The van der Waals surface area contributed by atoms with E-state index in [2.05, 4.69) is 56.8 Å². The lowest BCUT2D eigenvalue weighted by Gasteiger charge is -2.42. The van der Waals surface area contributed by atoms with Gasteiger partial charge < -0.3 is 5.11 Å². The smallest absolute Gasteiger partial charge is 0.129 e. The van der Waals surface area contributed by atoms with E-state index in [0.29, 0.717) is 0 Å². The molecule has 0 aromatic heterocycles. The molecule has 0 aliphatic carbocycles. The Bertz CT molecular complexity index is 319. The van der Waals surface area contributed by atoms with Crippen LogP contribution in [0.25, 0.3) is 0 Å². The van der Waals surface area contributed by atoms with Crippen molar-refractivity contribution in [3.8, 4) is 11.5 Å². The number of aliphatic hydroxyl groups is 1. The average molecular weight is 253 g/mol. The Morgan fingerprint density at radius 2 is 1.59 bits per heavy atom. The molecule has 17 heavy (non-hydrogen) atoms. The summed E-state index contributed by atoms with van der Waals surface area (Å²) in [6, 6.07) is 0. The first-order valence-corrected chi connectivity index (χ1v) is 10.0. The van der Waals surface area contributed by atoms with Crippen LogP contribution in [0.1, 0.15) is 33.6 Å². The maximum Gasteiger partial charge on any atom is 0.129 e. The highest BCUT2D eigenvalue weighted by atomic mass is 28.3. The summed E-state index contributed by atoms with van der Waals surface area (Å²) >= 11 is 0. The van der Waals surface area contributed by atoms with Gasteiger partial charge in [0.2, 0.25) is 0 Å². The second-order valence-corrected chi connectivity index (χ2v) is 11.9. The summed E-state index contributed by atoms with van der Waals surface area (Å²) in [6.07, 6.45) is 1.56. The molecule has 0 amide bonds. The van der Waals surface area contributed by atoms with Crippen molar-refractivity contribution in [2.75, 3.05) is 13.1 Å². The van der Waals surface area contributed by atoms with E-state index in [1.165, 1.54) is 0 Å². The van der Waals surface area contributed by atoms with E-state index in [0.717, 1.165) is 25.9 Å². The third kappa shape index (κ3) is 4.83. The minimum absolute atomic E-state index is 0.202. The summed E-state index contributed by atoms with van der Waals surface area (Å²) in [5, 5.41) is 10.4. The fourth-order valence-corrected chi connectivity index (χ4v) is 2.58. The molecule has 0 unspecified atom stereocenters. The monoisotopic (exact) mass is 253 g/mol. The fourth-order valence-electron chi connectivity index (χ4n) is 1.98. The SMILES string of the molecule is CC(C)(C)N1CCC(O)(C#C[Si](C)(C)C)CC1. The van der Waals surface area contributed by atoms with E-state index in [9.17, 15) is 5.11 Å². The number of likely N-dealkylation sites (tertiary alicyclic amines) is 1. The van der Waals surface area contributed by atoms with Crippen molar-refractivity contribution in [2.24, 2.45) is 0 Å². The van der Waals surface area contributed by atoms with E-state index < -0.39 is 13.7 Å². The molecule has 0 saturated carbocycles. The Kier molecular flexibility index (Phi) is 4.13. The molecule has 1 saturated heterocycles. The van der Waals surface area contributed by atoms with Gasteiger partial charge in [-0.2, -0.15) is 0 Å². The molecule has 1 aliphatic rings. The van der Waals surface area contributed by atoms with Gasteiger partial charge in [-0.1, -0.05) is 25.6 Å². The zero-order valence-electron chi connectivity index (χ0n) is 12.2. The standard InChI is InChI=1S/C14H27NOSi/c1-13(2,3)15-10-7-14(16,8-11-15)9-12-17(4,5)6/h16H,7-8,10-11H2,1-6H3. The minimum Gasteiger partial charge on any atom is -0.378 e. The molecular weight excluding hydrogens is 226 g/mol. The van der Waals surface area contributed by atoms with Crippen molar-refractivity contribution in [2.45, 2.75) is 64.4 Å². The number of nitrogens with zero attached hydrogens (tertiary/aromatic N) is 1. The van der Waals surface area contributed by atoms with E-state index in [1.54, 1.807) is 0 Å². The maximum absolute atomic E-state index is 10.4. The van der Waals surface area contributed by atoms with Crippen LogP contribution in [0.2, 0.25) is 19.6 Å². The third-order valence-electron chi connectivity index (χ3n) is 3.21. The van der Waals surface area contributed by atoms with Crippen molar-refractivity contribution in [1.82, 2.24) is 4.90 Å². The molecule has 98 valence electrons. The molecule has 1 fully saturated rings. The fraction of sp³-hybridized carbons (Fsp3) is 0.857.